The minimum atomic E-state index is 0.594. The zero-order valence-electron chi connectivity index (χ0n) is 12.6. The highest BCUT2D eigenvalue weighted by molar-refractivity contribution is 4.63. The molecule has 1 saturated carbocycles. The van der Waals surface area contributed by atoms with Gasteiger partial charge in [0.2, 0.25) is 0 Å². The summed E-state index contributed by atoms with van der Waals surface area (Å²) >= 11 is 0. The molecule has 0 aromatic carbocycles. The summed E-state index contributed by atoms with van der Waals surface area (Å²) in [6.45, 7) is 3.30. The Hall–Kier alpha value is -0.0400. The van der Waals surface area contributed by atoms with Gasteiger partial charge < -0.3 is 4.74 Å². The van der Waals surface area contributed by atoms with Gasteiger partial charge in [-0.15, -0.1) is 0 Å². The minimum absolute atomic E-state index is 0.594. The number of ether oxygens (including phenoxy) is 1. The van der Waals surface area contributed by atoms with Crippen LogP contribution in [-0.2, 0) is 4.74 Å². The lowest BCUT2D eigenvalue weighted by Gasteiger charge is -2.15. The normalized spacial score (nSPS) is 17.8. The zero-order chi connectivity index (χ0) is 12.9. The fourth-order valence-corrected chi connectivity index (χ4v) is 2.89. The maximum Gasteiger partial charge on any atom is 0.0575 e. The molecule has 0 unspecified atom stereocenters. The molecule has 1 aliphatic rings. The Bertz CT molecular complexity index is 159. The standard InChI is InChI=1S/C17H34O/c1-2-3-4-5-6-7-10-13-16-18-17-14-11-8-9-12-15-17/h17H,2-16H2,1H3. The van der Waals surface area contributed by atoms with Crippen LogP contribution >= 0.6 is 0 Å². The van der Waals surface area contributed by atoms with Gasteiger partial charge in [-0.25, -0.2) is 0 Å². The van der Waals surface area contributed by atoms with Gasteiger partial charge in [-0.05, 0) is 19.3 Å². The van der Waals surface area contributed by atoms with Gasteiger partial charge in [-0.3, -0.25) is 0 Å². The average Bonchev–Trinajstić information content (AvgIpc) is 2.65. The second kappa shape index (κ2) is 12.0. The molecular formula is C17H34O. The van der Waals surface area contributed by atoms with Crippen molar-refractivity contribution < 1.29 is 4.74 Å². The summed E-state index contributed by atoms with van der Waals surface area (Å²) < 4.78 is 6.01. The van der Waals surface area contributed by atoms with Crippen molar-refractivity contribution in [2.24, 2.45) is 0 Å². The molecule has 18 heavy (non-hydrogen) atoms. The van der Waals surface area contributed by atoms with E-state index in [1.165, 1.54) is 89.9 Å². The van der Waals surface area contributed by atoms with E-state index in [-0.39, 0.29) is 0 Å². The molecule has 0 N–H and O–H groups in total. The highest BCUT2D eigenvalue weighted by Gasteiger charge is 2.11. The lowest BCUT2D eigenvalue weighted by Crippen LogP contribution is -2.12. The largest absolute Gasteiger partial charge is 0.378 e. The van der Waals surface area contributed by atoms with Crippen molar-refractivity contribution in [3.05, 3.63) is 0 Å². The summed E-state index contributed by atoms with van der Waals surface area (Å²) in [4.78, 5) is 0. The topological polar surface area (TPSA) is 9.23 Å². The third-order valence-electron chi connectivity index (χ3n) is 4.15. The molecule has 0 radical (unpaired) electrons. The Morgan fingerprint density at radius 1 is 0.722 bits per heavy atom. The molecule has 1 nitrogen and oxygen atoms in total. The van der Waals surface area contributed by atoms with Crippen LogP contribution in [-0.4, -0.2) is 12.7 Å². The van der Waals surface area contributed by atoms with Crippen LogP contribution in [0.5, 0.6) is 0 Å². The number of hydrogen-bond donors (Lipinski definition) is 0. The van der Waals surface area contributed by atoms with E-state index in [9.17, 15) is 0 Å². The first-order valence-corrected chi connectivity index (χ1v) is 8.55. The van der Waals surface area contributed by atoms with Gasteiger partial charge in [0.25, 0.3) is 0 Å². The van der Waals surface area contributed by atoms with Crippen LogP contribution < -0.4 is 0 Å². The minimum Gasteiger partial charge on any atom is -0.378 e. The highest BCUT2D eigenvalue weighted by atomic mass is 16.5. The van der Waals surface area contributed by atoms with Gasteiger partial charge >= 0.3 is 0 Å². The van der Waals surface area contributed by atoms with Gasteiger partial charge in [0.1, 0.15) is 0 Å². The second-order valence-electron chi connectivity index (χ2n) is 5.96. The van der Waals surface area contributed by atoms with E-state index in [2.05, 4.69) is 6.92 Å². The Labute approximate surface area is 115 Å². The molecule has 0 aromatic rings. The first-order valence-electron chi connectivity index (χ1n) is 8.55. The van der Waals surface area contributed by atoms with Crippen LogP contribution in [0.1, 0.15) is 96.8 Å². The Morgan fingerprint density at radius 2 is 1.28 bits per heavy atom. The van der Waals surface area contributed by atoms with Crippen molar-refractivity contribution in [3.8, 4) is 0 Å². The molecule has 0 aromatic heterocycles. The van der Waals surface area contributed by atoms with E-state index in [1.54, 1.807) is 0 Å². The maximum absolute atomic E-state index is 6.01. The van der Waals surface area contributed by atoms with Crippen LogP contribution in [0.4, 0.5) is 0 Å². The van der Waals surface area contributed by atoms with Gasteiger partial charge in [0.15, 0.2) is 0 Å². The van der Waals surface area contributed by atoms with Crippen LogP contribution in [0.3, 0.4) is 0 Å². The quantitative estimate of drug-likeness (QED) is 0.350. The molecule has 0 bridgehead atoms. The van der Waals surface area contributed by atoms with Crippen LogP contribution in [0.15, 0.2) is 0 Å². The molecule has 0 saturated heterocycles. The summed E-state index contributed by atoms with van der Waals surface area (Å²) in [7, 11) is 0. The van der Waals surface area contributed by atoms with Gasteiger partial charge in [0.05, 0.1) is 6.10 Å². The molecule has 108 valence electrons. The Balaban J connectivity index is 1.80. The first kappa shape index (κ1) is 16.0. The van der Waals surface area contributed by atoms with Crippen molar-refractivity contribution >= 4 is 0 Å². The zero-order valence-corrected chi connectivity index (χ0v) is 12.6. The van der Waals surface area contributed by atoms with Crippen molar-refractivity contribution in [2.75, 3.05) is 6.61 Å². The predicted octanol–water partition coefficient (Wildman–Crippen LogP) is 5.87. The smallest absolute Gasteiger partial charge is 0.0575 e. The molecule has 0 amide bonds. The lowest BCUT2D eigenvalue weighted by molar-refractivity contribution is 0.0407. The molecule has 0 heterocycles. The highest BCUT2D eigenvalue weighted by Crippen LogP contribution is 2.20. The summed E-state index contributed by atoms with van der Waals surface area (Å²) in [5.74, 6) is 0. The summed E-state index contributed by atoms with van der Waals surface area (Å²) in [6, 6.07) is 0. The van der Waals surface area contributed by atoms with E-state index >= 15 is 0 Å². The van der Waals surface area contributed by atoms with Crippen LogP contribution in [0, 0.1) is 0 Å². The fraction of sp³-hybridized carbons (Fsp3) is 1.00. The molecule has 0 aliphatic heterocycles. The molecule has 1 heteroatoms. The number of rotatable bonds is 10. The second-order valence-corrected chi connectivity index (χ2v) is 5.96. The monoisotopic (exact) mass is 254 g/mol. The molecular weight excluding hydrogens is 220 g/mol. The van der Waals surface area contributed by atoms with Crippen LogP contribution in [0.25, 0.3) is 0 Å². The maximum atomic E-state index is 6.01. The molecule has 0 atom stereocenters. The fourth-order valence-electron chi connectivity index (χ4n) is 2.89. The third-order valence-corrected chi connectivity index (χ3v) is 4.15. The van der Waals surface area contributed by atoms with Crippen molar-refractivity contribution in [1.82, 2.24) is 0 Å². The van der Waals surface area contributed by atoms with E-state index < -0.39 is 0 Å². The van der Waals surface area contributed by atoms with Gasteiger partial charge in [-0.2, -0.15) is 0 Å². The number of hydrogen-bond acceptors (Lipinski definition) is 1. The molecule has 0 spiro atoms. The van der Waals surface area contributed by atoms with Crippen molar-refractivity contribution in [2.45, 2.75) is 103 Å². The predicted molar refractivity (Wildman–Crippen MR) is 80.1 cm³/mol. The average molecular weight is 254 g/mol. The Morgan fingerprint density at radius 3 is 1.89 bits per heavy atom. The van der Waals surface area contributed by atoms with Crippen LogP contribution in [0.2, 0.25) is 0 Å². The number of unbranched alkanes of at least 4 members (excludes halogenated alkanes) is 7. The lowest BCUT2D eigenvalue weighted by atomic mass is 10.1. The van der Waals surface area contributed by atoms with E-state index in [0.29, 0.717) is 6.10 Å². The van der Waals surface area contributed by atoms with Gasteiger partial charge in [-0.1, -0.05) is 77.6 Å². The van der Waals surface area contributed by atoms with E-state index in [4.69, 9.17) is 4.74 Å². The SMILES string of the molecule is CCCCCCCCCCOC1CCCCCC1. The summed E-state index contributed by atoms with van der Waals surface area (Å²) in [5, 5.41) is 0. The first-order chi connectivity index (χ1) is 8.93. The Kier molecular flexibility index (Phi) is 10.7. The van der Waals surface area contributed by atoms with Crippen molar-refractivity contribution in [1.29, 1.82) is 0 Å². The van der Waals surface area contributed by atoms with Gasteiger partial charge in [0, 0.05) is 6.61 Å². The van der Waals surface area contributed by atoms with E-state index in [0.717, 1.165) is 6.61 Å². The third kappa shape index (κ3) is 8.97. The van der Waals surface area contributed by atoms with Crippen molar-refractivity contribution in [3.63, 3.8) is 0 Å². The summed E-state index contributed by atoms with van der Waals surface area (Å²) in [5.41, 5.74) is 0. The molecule has 1 rings (SSSR count). The van der Waals surface area contributed by atoms with E-state index in [1.807, 2.05) is 0 Å². The molecule has 1 aliphatic carbocycles. The summed E-state index contributed by atoms with van der Waals surface area (Å²) in [6.07, 6.45) is 20.0. The molecule has 1 fully saturated rings.